The van der Waals surface area contributed by atoms with E-state index in [0.717, 1.165) is 5.56 Å². The van der Waals surface area contributed by atoms with Gasteiger partial charge in [-0.05, 0) is 60.4 Å². The molecule has 0 aromatic heterocycles. The number of Topliss-reactive ketones (excluding diaryl/α,β-unsaturated/α-hetero) is 1. The topological polar surface area (TPSA) is 87.1 Å². The lowest BCUT2D eigenvalue weighted by Gasteiger charge is -2.26. The van der Waals surface area contributed by atoms with Crippen molar-refractivity contribution in [3.63, 3.8) is 0 Å². The molecule has 2 N–H and O–H groups in total. The Morgan fingerprint density at radius 2 is 1.68 bits per heavy atom. The van der Waals surface area contributed by atoms with Gasteiger partial charge in [0.05, 0.1) is 23.9 Å². The molecule has 3 aromatic rings. The number of hydrogen-bond donors (Lipinski definition) is 2. The molecule has 0 saturated carbocycles. The van der Waals surface area contributed by atoms with E-state index in [1.165, 1.54) is 11.0 Å². The van der Waals surface area contributed by atoms with Crippen LogP contribution in [0.3, 0.4) is 0 Å². The van der Waals surface area contributed by atoms with Gasteiger partial charge in [0.15, 0.2) is 0 Å². The zero-order valence-corrected chi connectivity index (χ0v) is 19.4. The summed E-state index contributed by atoms with van der Waals surface area (Å²) in [5.41, 5.74) is 2.03. The van der Waals surface area contributed by atoms with Crippen molar-refractivity contribution in [2.75, 3.05) is 11.5 Å². The zero-order valence-electron chi connectivity index (χ0n) is 19.4. The Morgan fingerprint density at radius 1 is 1.00 bits per heavy atom. The number of anilines is 1. The van der Waals surface area contributed by atoms with Crippen LogP contribution in [0.25, 0.3) is 5.76 Å². The average molecular weight is 458 g/mol. The van der Waals surface area contributed by atoms with Gasteiger partial charge in [-0.2, -0.15) is 0 Å². The maximum absolute atomic E-state index is 13.2. The van der Waals surface area contributed by atoms with E-state index in [9.17, 15) is 19.8 Å². The van der Waals surface area contributed by atoms with Crippen LogP contribution >= 0.6 is 0 Å². The highest BCUT2D eigenvalue weighted by Crippen LogP contribution is 2.44. The molecule has 1 aliphatic rings. The van der Waals surface area contributed by atoms with E-state index in [2.05, 4.69) is 13.8 Å². The molecule has 0 aliphatic carbocycles. The predicted molar refractivity (Wildman–Crippen MR) is 131 cm³/mol. The van der Waals surface area contributed by atoms with Gasteiger partial charge in [-0.1, -0.05) is 50.2 Å². The first kappa shape index (κ1) is 23.1. The number of aliphatic hydroxyl groups excluding tert-OH is 1. The highest BCUT2D eigenvalue weighted by Gasteiger charge is 2.47. The van der Waals surface area contributed by atoms with Gasteiger partial charge < -0.3 is 14.9 Å². The monoisotopic (exact) mass is 457 g/mol. The number of nitrogens with zero attached hydrogens (tertiary/aromatic N) is 1. The third-order valence-corrected chi connectivity index (χ3v) is 5.66. The summed E-state index contributed by atoms with van der Waals surface area (Å²) in [6, 6.07) is 19.7. The first-order chi connectivity index (χ1) is 16.3. The minimum absolute atomic E-state index is 0.0343. The number of aryl methyl sites for hydroxylation is 1. The van der Waals surface area contributed by atoms with E-state index in [0.29, 0.717) is 29.4 Å². The van der Waals surface area contributed by atoms with Crippen LogP contribution in [-0.2, 0) is 9.59 Å². The molecule has 6 nitrogen and oxygen atoms in total. The Bertz CT molecular complexity index is 1250. The van der Waals surface area contributed by atoms with Gasteiger partial charge in [-0.3, -0.25) is 14.5 Å². The molecular formula is C28H27NO5. The first-order valence-electron chi connectivity index (χ1n) is 11.2. The molecule has 34 heavy (non-hydrogen) atoms. The third kappa shape index (κ3) is 4.39. The first-order valence-corrected chi connectivity index (χ1v) is 11.2. The molecule has 1 aliphatic heterocycles. The molecule has 0 spiro atoms. The number of amides is 1. The number of aliphatic hydroxyl groups is 1. The minimum atomic E-state index is -0.897. The van der Waals surface area contributed by atoms with Gasteiger partial charge in [0.25, 0.3) is 11.7 Å². The largest absolute Gasteiger partial charge is 0.507 e. The summed E-state index contributed by atoms with van der Waals surface area (Å²) in [4.78, 5) is 27.7. The number of ether oxygens (including phenoxy) is 1. The number of hydrogen-bond acceptors (Lipinski definition) is 5. The molecule has 3 aromatic carbocycles. The Hall–Kier alpha value is -4.06. The number of benzene rings is 3. The summed E-state index contributed by atoms with van der Waals surface area (Å²) >= 11 is 0. The molecule has 1 saturated heterocycles. The normalized spacial score (nSPS) is 17.4. The van der Waals surface area contributed by atoms with Crippen LogP contribution in [0.15, 0.2) is 78.4 Å². The molecule has 1 atom stereocenters. The summed E-state index contributed by atoms with van der Waals surface area (Å²) in [7, 11) is 0. The molecule has 0 bridgehead atoms. The minimum Gasteiger partial charge on any atom is -0.507 e. The summed E-state index contributed by atoms with van der Waals surface area (Å²) in [6.07, 6.45) is 0. The lowest BCUT2D eigenvalue weighted by atomic mass is 9.95. The van der Waals surface area contributed by atoms with Crippen molar-refractivity contribution < 1.29 is 24.5 Å². The van der Waals surface area contributed by atoms with E-state index in [1.54, 1.807) is 60.7 Å². The van der Waals surface area contributed by atoms with Gasteiger partial charge in [0.2, 0.25) is 0 Å². The highest BCUT2D eigenvalue weighted by molar-refractivity contribution is 6.51. The Kier molecular flexibility index (Phi) is 6.41. The maximum Gasteiger partial charge on any atom is 0.300 e. The number of carbonyl (C=O) groups is 2. The Balaban J connectivity index is 1.83. The van der Waals surface area contributed by atoms with Crippen LogP contribution in [0.4, 0.5) is 5.69 Å². The number of phenolic OH excluding ortho intramolecular Hbond substituents is 1. The van der Waals surface area contributed by atoms with Crippen molar-refractivity contribution in [3.05, 3.63) is 95.1 Å². The summed E-state index contributed by atoms with van der Waals surface area (Å²) in [5, 5.41) is 21.7. The van der Waals surface area contributed by atoms with Gasteiger partial charge in [-0.15, -0.1) is 0 Å². The molecule has 4 rings (SSSR count). The second-order valence-corrected chi connectivity index (χ2v) is 8.80. The van der Waals surface area contributed by atoms with Crippen LogP contribution < -0.4 is 9.64 Å². The van der Waals surface area contributed by atoms with E-state index >= 15 is 0 Å². The maximum atomic E-state index is 13.2. The fourth-order valence-corrected chi connectivity index (χ4v) is 3.99. The fraction of sp³-hybridized carbons (Fsp3) is 0.214. The van der Waals surface area contributed by atoms with Crippen LogP contribution in [-0.4, -0.2) is 28.5 Å². The molecule has 6 heteroatoms. The molecule has 1 amide bonds. The van der Waals surface area contributed by atoms with Gasteiger partial charge >= 0.3 is 0 Å². The van der Waals surface area contributed by atoms with Crippen molar-refractivity contribution in [1.82, 2.24) is 0 Å². The van der Waals surface area contributed by atoms with E-state index in [4.69, 9.17) is 4.74 Å². The second-order valence-electron chi connectivity index (χ2n) is 8.80. The number of carbonyl (C=O) groups excluding carboxylic acids is 2. The van der Waals surface area contributed by atoms with Crippen LogP contribution in [0.2, 0.25) is 0 Å². The molecule has 1 fully saturated rings. The molecule has 0 radical (unpaired) electrons. The lowest BCUT2D eigenvalue weighted by Crippen LogP contribution is -2.29. The molecular weight excluding hydrogens is 430 g/mol. The number of ketones is 1. The lowest BCUT2D eigenvalue weighted by molar-refractivity contribution is -0.132. The van der Waals surface area contributed by atoms with Crippen molar-refractivity contribution in [3.8, 4) is 11.5 Å². The van der Waals surface area contributed by atoms with Crippen LogP contribution in [0.1, 0.15) is 36.6 Å². The fourth-order valence-electron chi connectivity index (χ4n) is 3.99. The number of phenols is 1. The summed E-state index contributed by atoms with van der Waals surface area (Å²) < 4.78 is 5.70. The van der Waals surface area contributed by atoms with Gasteiger partial charge in [-0.25, -0.2) is 0 Å². The van der Waals surface area contributed by atoms with Crippen LogP contribution in [0, 0.1) is 12.8 Å². The summed E-state index contributed by atoms with van der Waals surface area (Å²) in [5.74, 6) is -1.01. The molecule has 174 valence electrons. The zero-order chi connectivity index (χ0) is 24.4. The van der Waals surface area contributed by atoms with Crippen molar-refractivity contribution >= 4 is 23.1 Å². The van der Waals surface area contributed by atoms with Crippen molar-refractivity contribution in [1.29, 1.82) is 0 Å². The van der Waals surface area contributed by atoms with Gasteiger partial charge in [0, 0.05) is 5.56 Å². The average Bonchev–Trinajstić information content (AvgIpc) is 3.10. The highest BCUT2D eigenvalue weighted by atomic mass is 16.5. The predicted octanol–water partition coefficient (Wildman–Crippen LogP) is 5.36. The quantitative estimate of drug-likeness (QED) is 0.296. The standard InChI is InChI=1S/C28H27NO5/c1-17(2)16-34-21-12-10-20(11-13-21)26(31)24-25(19-7-5-4-6-8-19)29(28(33)27(24)32)22-15-18(3)9-14-23(22)30/h4-15,17,25,30-31H,16H2,1-3H3/b26-24+. The molecule has 1 heterocycles. The third-order valence-electron chi connectivity index (χ3n) is 5.66. The SMILES string of the molecule is Cc1ccc(O)c(N2C(=O)C(=O)/C(=C(/O)c3ccc(OCC(C)C)cc3)C2c2ccccc2)c1. The van der Waals surface area contributed by atoms with Crippen LogP contribution in [0.5, 0.6) is 11.5 Å². The van der Waals surface area contributed by atoms with Gasteiger partial charge in [0.1, 0.15) is 17.3 Å². The second kappa shape index (κ2) is 9.43. The van der Waals surface area contributed by atoms with E-state index in [-0.39, 0.29) is 22.8 Å². The number of rotatable bonds is 6. The molecule has 1 unspecified atom stereocenters. The smallest absolute Gasteiger partial charge is 0.300 e. The Labute approximate surface area is 198 Å². The Morgan fingerprint density at radius 3 is 2.32 bits per heavy atom. The number of aromatic hydroxyl groups is 1. The van der Waals surface area contributed by atoms with Crippen molar-refractivity contribution in [2.45, 2.75) is 26.8 Å². The van der Waals surface area contributed by atoms with E-state index in [1.807, 2.05) is 13.0 Å². The van der Waals surface area contributed by atoms with E-state index < -0.39 is 17.7 Å². The van der Waals surface area contributed by atoms with Crippen molar-refractivity contribution in [2.24, 2.45) is 5.92 Å². The summed E-state index contributed by atoms with van der Waals surface area (Å²) in [6.45, 7) is 6.49.